The first-order valence-corrected chi connectivity index (χ1v) is 16.8. The van der Waals surface area contributed by atoms with Crippen LogP contribution in [0.4, 0.5) is 42.8 Å². The maximum absolute atomic E-state index is 13.9. The predicted octanol–water partition coefficient (Wildman–Crippen LogP) is 8.15. The molecule has 0 N–H and O–H groups in total. The Labute approximate surface area is 288 Å². The lowest BCUT2D eigenvalue weighted by Gasteiger charge is -2.48. The van der Waals surface area contributed by atoms with Crippen LogP contribution in [0, 0.1) is 0 Å². The molecule has 5 rings (SSSR count). The number of hydrogen-bond donors (Lipinski definition) is 0. The van der Waals surface area contributed by atoms with Gasteiger partial charge in [0, 0.05) is 37.8 Å². The van der Waals surface area contributed by atoms with E-state index in [1.807, 2.05) is 42.2 Å². The summed E-state index contributed by atoms with van der Waals surface area (Å²) in [6.07, 6.45) is -5.55. The summed E-state index contributed by atoms with van der Waals surface area (Å²) < 4.78 is 94.6. The van der Waals surface area contributed by atoms with Crippen LogP contribution in [0.15, 0.2) is 60.9 Å². The summed E-state index contributed by atoms with van der Waals surface area (Å²) in [4.78, 5) is 28.4. The first-order chi connectivity index (χ1) is 23.5. The van der Waals surface area contributed by atoms with Gasteiger partial charge in [0.05, 0.1) is 42.4 Å². The smallest absolute Gasteiger partial charge is 0.416 e. The number of rotatable bonds is 8. The van der Waals surface area contributed by atoms with Gasteiger partial charge in [-0.2, -0.15) is 26.3 Å². The number of morpholine rings is 1. The monoisotopic (exact) mass is 707 g/mol. The van der Waals surface area contributed by atoms with E-state index in [0.29, 0.717) is 52.0 Å². The van der Waals surface area contributed by atoms with Gasteiger partial charge >= 0.3 is 18.4 Å². The van der Waals surface area contributed by atoms with Gasteiger partial charge in [0.1, 0.15) is 5.60 Å². The van der Waals surface area contributed by atoms with Crippen LogP contribution in [0.1, 0.15) is 69.2 Å². The number of carbonyl (C=O) groups excluding carboxylic acids is 1. The second kappa shape index (κ2) is 15.0. The van der Waals surface area contributed by atoms with E-state index in [1.165, 1.54) is 0 Å². The van der Waals surface area contributed by atoms with Crippen molar-refractivity contribution in [3.8, 4) is 0 Å². The number of anilines is 2. The van der Waals surface area contributed by atoms with Crippen molar-refractivity contribution in [1.29, 1.82) is 0 Å². The number of benzene rings is 2. The van der Waals surface area contributed by atoms with E-state index in [4.69, 9.17) is 9.47 Å². The predicted molar refractivity (Wildman–Crippen MR) is 177 cm³/mol. The Balaban J connectivity index is 1.57. The van der Waals surface area contributed by atoms with E-state index in [1.54, 1.807) is 43.0 Å². The molecule has 0 radical (unpaired) electrons. The fourth-order valence-electron chi connectivity index (χ4n) is 6.67. The van der Waals surface area contributed by atoms with Gasteiger partial charge in [-0.15, -0.1) is 0 Å². The number of nitrogens with zero attached hydrogens (tertiary/aromatic N) is 5. The van der Waals surface area contributed by atoms with Crippen molar-refractivity contribution in [2.24, 2.45) is 0 Å². The average Bonchev–Trinajstić information content (AvgIpc) is 3.06. The van der Waals surface area contributed by atoms with E-state index >= 15 is 0 Å². The molecule has 2 aliphatic heterocycles. The van der Waals surface area contributed by atoms with Gasteiger partial charge in [-0.3, -0.25) is 0 Å². The van der Waals surface area contributed by atoms with E-state index in [0.717, 1.165) is 23.4 Å². The number of ether oxygens (including phenoxy) is 2. The third-order valence-corrected chi connectivity index (χ3v) is 8.96. The minimum absolute atomic E-state index is 0.129. The van der Waals surface area contributed by atoms with Gasteiger partial charge < -0.3 is 24.2 Å². The van der Waals surface area contributed by atoms with Gasteiger partial charge in [-0.05, 0) is 75.8 Å². The highest BCUT2D eigenvalue weighted by atomic mass is 19.4. The molecule has 0 spiro atoms. The molecule has 1 aromatic heterocycles. The molecule has 3 aromatic rings. The minimum atomic E-state index is -5.00. The Hall–Kier alpha value is -4.07. The molecule has 0 saturated carbocycles. The zero-order valence-corrected chi connectivity index (χ0v) is 28.6. The van der Waals surface area contributed by atoms with Crippen molar-refractivity contribution < 1.29 is 40.6 Å². The number of likely N-dealkylation sites (tertiary alicyclic amines) is 1. The number of halogens is 6. The zero-order valence-electron chi connectivity index (χ0n) is 28.6. The van der Waals surface area contributed by atoms with E-state index in [-0.39, 0.29) is 30.2 Å². The van der Waals surface area contributed by atoms with Crippen LogP contribution in [-0.4, -0.2) is 71.0 Å². The summed E-state index contributed by atoms with van der Waals surface area (Å²) in [5.74, 6) is 0.164. The molecule has 0 unspecified atom stereocenters. The summed E-state index contributed by atoms with van der Waals surface area (Å²) in [5, 5.41) is 0. The molecule has 0 aliphatic carbocycles. The highest BCUT2D eigenvalue weighted by Crippen LogP contribution is 2.38. The Morgan fingerprint density at radius 3 is 2.00 bits per heavy atom. The molecule has 2 fully saturated rings. The van der Waals surface area contributed by atoms with Crippen LogP contribution < -0.4 is 9.80 Å². The van der Waals surface area contributed by atoms with E-state index in [2.05, 4.69) is 9.97 Å². The Morgan fingerprint density at radius 1 is 0.880 bits per heavy atom. The number of aromatic nitrogens is 2. The summed E-state index contributed by atoms with van der Waals surface area (Å²) in [6, 6.07) is 10.00. The number of amides is 1. The molecular weight excluding hydrogens is 664 g/mol. The topological polar surface area (TPSA) is 71.0 Å². The van der Waals surface area contributed by atoms with Crippen molar-refractivity contribution in [3.05, 3.63) is 83.2 Å². The van der Waals surface area contributed by atoms with Crippen molar-refractivity contribution in [1.82, 2.24) is 14.9 Å². The zero-order chi connectivity index (χ0) is 36.3. The molecule has 14 heteroatoms. The Kier molecular flexibility index (Phi) is 11.2. The second-order valence-electron chi connectivity index (χ2n) is 13.8. The molecule has 2 aromatic carbocycles. The minimum Gasteiger partial charge on any atom is -0.444 e. The molecule has 50 heavy (non-hydrogen) atoms. The lowest BCUT2D eigenvalue weighted by atomic mass is 9.86. The highest BCUT2D eigenvalue weighted by Gasteiger charge is 2.43. The molecule has 0 bridgehead atoms. The number of hydrogen-bond acceptors (Lipinski definition) is 7. The summed E-state index contributed by atoms with van der Waals surface area (Å²) in [6.45, 7) is 9.28. The van der Waals surface area contributed by atoms with Gasteiger partial charge in [0.2, 0.25) is 5.95 Å². The average molecular weight is 708 g/mol. The van der Waals surface area contributed by atoms with Gasteiger partial charge in [-0.25, -0.2) is 14.8 Å². The fraction of sp³-hybridized carbons (Fsp3) is 0.528. The number of carbonyl (C=O) groups is 1. The van der Waals surface area contributed by atoms with Crippen LogP contribution in [0.25, 0.3) is 0 Å². The van der Waals surface area contributed by atoms with E-state index in [9.17, 15) is 31.1 Å². The molecule has 8 nitrogen and oxygen atoms in total. The van der Waals surface area contributed by atoms with Crippen molar-refractivity contribution in [2.75, 3.05) is 36.1 Å². The summed E-state index contributed by atoms with van der Waals surface area (Å²) in [5.41, 5.74) is -2.03. The Bertz CT molecular complexity index is 1540. The van der Waals surface area contributed by atoms with Crippen LogP contribution in [0.3, 0.4) is 0 Å². The third-order valence-electron chi connectivity index (χ3n) is 8.96. The molecule has 272 valence electrons. The second-order valence-corrected chi connectivity index (χ2v) is 13.8. The van der Waals surface area contributed by atoms with Crippen molar-refractivity contribution >= 4 is 17.7 Å². The molecule has 3 heterocycles. The number of piperidine rings is 1. The van der Waals surface area contributed by atoms with E-state index < -0.39 is 47.3 Å². The largest absolute Gasteiger partial charge is 0.444 e. The first-order valence-electron chi connectivity index (χ1n) is 16.8. The van der Waals surface area contributed by atoms with Crippen LogP contribution in [0.5, 0.6) is 0 Å². The molecule has 2 aliphatic rings. The van der Waals surface area contributed by atoms with Gasteiger partial charge in [0.25, 0.3) is 0 Å². The van der Waals surface area contributed by atoms with Crippen LogP contribution >= 0.6 is 0 Å². The Morgan fingerprint density at radius 2 is 1.46 bits per heavy atom. The first kappa shape index (κ1) is 37.2. The molecule has 1 amide bonds. The van der Waals surface area contributed by atoms with Crippen molar-refractivity contribution in [3.63, 3.8) is 0 Å². The van der Waals surface area contributed by atoms with Crippen LogP contribution in [-0.2, 0) is 34.8 Å². The summed E-state index contributed by atoms with van der Waals surface area (Å²) >= 11 is 0. The SMILES string of the molecule is CC[C@@H]1C[C@H](N(Cc2cc(C(F)(F)F)cc(C(F)(F)F)c2)c2ncc(N3CCOCC3)cn2)C[C@H](Cc2ccccc2)N1C(=O)OC(C)(C)C. The molecule has 2 saturated heterocycles. The molecule has 3 atom stereocenters. The van der Waals surface area contributed by atoms with Gasteiger partial charge in [-0.1, -0.05) is 37.3 Å². The van der Waals surface area contributed by atoms with Crippen molar-refractivity contribution in [2.45, 2.75) is 96.0 Å². The standard InChI is InChI=1S/C36H43F6N5O3/c1-5-28-19-29(20-30(17-24-9-7-6-8-10-24)47(28)33(48)50-34(2,3)4)46(32-43-21-31(22-44-32)45-11-13-49-14-12-45)23-25-15-26(35(37,38)39)18-27(16-25)36(40,41)42/h6-10,15-16,18,21-22,28-30H,5,11-14,17,19-20,23H2,1-4H3/t28-,29+,30+/m1/s1. The highest BCUT2D eigenvalue weighted by molar-refractivity contribution is 5.69. The lowest BCUT2D eigenvalue weighted by Crippen LogP contribution is -2.58. The summed E-state index contributed by atoms with van der Waals surface area (Å²) in [7, 11) is 0. The fourth-order valence-corrected chi connectivity index (χ4v) is 6.67. The third kappa shape index (κ3) is 9.37. The number of alkyl halides is 6. The van der Waals surface area contributed by atoms with Gasteiger partial charge in [0.15, 0.2) is 0 Å². The molecular formula is C36H43F6N5O3. The van der Waals surface area contributed by atoms with Crippen LogP contribution in [0.2, 0.25) is 0 Å². The quantitative estimate of drug-likeness (QED) is 0.219. The maximum atomic E-state index is 13.9. The normalized spacial score (nSPS) is 20.5. The maximum Gasteiger partial charge on any atom is 0.416 e. The lowest BCUT2D eigenvalue weighted by molar-refractivity contribution is -0.143.